The molecule has 16 rings (SSSR count). The van der Waals surface area contributed by atoms with Crippen molar-refractivity contribution in [3.05, 3.63) is 221 Å². The number of aryl methyl sites for hydroxylation is 2. The average Bonchev–Trinajstić information content (AvgIpc) is 1.68. The van der Waals surface area contributed by atoms with Crippen LogP contribution in [0.25, 0.3) is 0 Å². The number of thiazole rings is 1. The van der Waals surface area contributed by atoms with Crippen LogP contribution in [0.3, 0.4) is 0 Å². The summed E-state index contributed by atoms with van der Waals surface area (Å²) in [5.74, 6) is 2.26. The number of rotatable bonds is 8. The topological polar surface area (TPSA) is 145 Å². The first-order valence-corrected chi connectivity index (χ1v) is 46.9. The average molecular weight is 2450 g/mol. The predicted octanol–water partition coefficient (Wildman–Crippen LogP) is 25.6. The molecule has 8 aromatic heterocycles. The second kappa shape index (κ2) is 99.6. The number of aromatic amines is 2. The number of H-pyrrole nitrogens is 2. The second-order valence-corrected chi connectivity index (χ2v) is 32.1. The molecule has 0 unspecified atom stereocenters. The zero-order chi connectivity index (χ0) is 86.2. The quantitative estimate of drug-likeness (QED) is 0.139. The zero-order valence-electron chi connectivity index (χ0n) is 92.0. The molecule has 0 amide bonds. The van der Waals surface area contributed by atoms with E-state index < -0.39 is 0 Å². The first kappa shape index (κ1) is 170. The van der Waals surface area contributed by atoms with Crippen molar-refractivity contribution in [1.82, 2.24) is 78.2 Å². The maximum Gasteiger partial charge on any atom is 0.181 e. The zero-order valence-corrected chi connectivity index (χ0v) is 116. The SMILES string of the molecule is CC.CC.CC.CC.CC.CC.CC.CC.CC(C)N1CCc2[nH]ccc2C1.CC(C)N1CCc2c(ccn2C)C1.CC(C)N1CCc2c(ncn2C)C1.CC(C)N1CCc2nc[nH]c2C1.CC(C)N1CCc2occc2C1.CC(C)N1CCc2ocnc2C1.CC(C)N1CCc2sccc2C1.CC(C)N1CCc2scnc2C1.[CH3-].[CH3-].[CH3-].[CH3-].[CH3-].[CH3-].[CH3-].[CH3-].[Y].[Y].[Y].[Y].[Y].[Y].[Y].[Y]. The van der Waals surface area contributed by atoms with E-state index in [9.17, 15) is 0 Å². The minimum Gasteiger partial charge on any atom is -0.469 e. The summed E-state index contributed by atoms with van der Waals surface area (Å²) >= 11 is 3.71. The van der Waals surface area contributed by atoms with Gasteiger partial charge < -0.3 is 87.3 Å². The molecule has 8 aliphatic rings. The number of hydrogen-bond acceptors (Lipinski definition) is 16. The van der Waals surface area contributed by atoms with Crippen molar-refractivity contribution >= 4 is 22.7 Å². The molecule has 8 aromatic rings. The number of oxazole rings is 1. The van der Waals surface area contributed by atoms with Crippen LogP contribution in [-0.2, 0) is 379 Å². The normalized spacial score (nSPS) is 14.0. The van der Waals surface area contributed by atoms with Gasteiger partial charge in [-0.3, -0.25) is 39.2 Å². The summed E-state index contributed by atoms with van der Waals surface area (Å²) < 4.78 is 15.0. The van der Waals surface area contributed by atoms with Crippen molar-refractivity contribution in [2.45, 2.75) is 374 Å². The summed E-state index contributed by atoms with van der Waals surface area (Å²) in [5, 5.41) is 2.22. The van der Waals surface area contributed by atoms with Crippen LogP contribution in [-0.4, -0.2) is 179 Å². The van der Waals surface area contributed by atoms with E-state index in [1.807, 2.05) is 134 Å². The number of aromatic nitrogens is 8. The van der Waals surface area contributed by atoms with Gasteiger partial charge in [0.1, 0.15) is 11.5 Å². The van der Waals surface area contributed by atoms with E-state index in [-0.39, 0.29) is 321 Å². The summed E-state index contributed by atoms with van der Waals surface area (Å²) in [6.07, 6.45) is 20.4. The number of nitrogens with one attached hydrogen (secondary N) is 2. The number of nitrogens with zero attached hydrogens (tertiary/aromatic N) is 14. The summed E-state index contributed by atoms with van der Waals surface area (Å²) in [4.78, 5) is 46.7. The van der Waals surface area contributed by atoms with Gasteiger partial charge in [-0.15, -0.1) is 22.7 Å². The first-order valence-electron chi connectivity index (χ1n) is 45.1. The molecule has 740 valence electrons. The third-order valence-electron chi connectivity index (χ3n) is 21.1. The van der Waals surface area contributed by atoms with Gasteiger partial charge >= 0.3 is 0 Å². The van der Waals surface area contributed by atoms with Gasteiger partial charge in [0.2, 0.25) is 0 Å². The smallest absolute Gasteiger partial charge is 0.181 e. The van der Waals surface area contributed by atoms with Gasteiger partial charge in [0, 0.05) is 512 Å². The Balaban J connectivity index is -0.0000000784. The Morgan fingerprint density at radius 1 is 0.308 bits per heavy atom. The molecule has 2 N–H and O–H groups in total. The number of fused-ring (bicyclic) bond motifs is 8. The van der Waals surface area contributed by atoms with Gasteiger partial charge in [-0.05, 0) is 170 Å². The molecule has 0 spiro atoms. The molecule has 18 nitrogen and oxygen atoms in total. The van der Waals surface area contributed by atoms with E-state index in [1.54, 1.807) is 40.8 Å². The molecule has 0 saturated carbocycles. The van der Waals surface area contributed by atoms with Gasteiger partial charge in [0.05, 0.1) is 52.9 Å². The molecule has 0 bridgehead atoms. The monoisotopic (exact) mass is 2450 g/mol. The minimum absolute atomic E-state index is 0. The molecule has 0 fully saturated rings. The molecule has 0 saturated heterocycles. The fourth-order valence-corrected chi connectivity index (χ4v) is 15.7. The van der Waals surface area contributed by atoms with Crippen LogP contribution in [0.15, 0.2) is 81.7 Å². The Morgan fingerprint density at radius 2 is 0.700 bits per heavy atom. The maximum absolute atomic E-state index is 5.36. The largest absolute Gasteiger partial charge is 0.469 e. The third-order valence-corrected chi connectivity index (χ3v) is 23.1. The van der Waals surface area contributed by atoms with Crippen molar-refractivity contribution in [3.8, 4) is 0 Å². The molecule has 8 radical (unpaired) electrons. The van der Waals surface area contributed by atoms with Crippen LogP contribution >= 0.6 is 22.7 Å². The molecule has 0 atom stereocenters. The summed E-state index contributed by atoms with van der Waals surface area (Å²) in [6.45, 7) is 85.9. The Labute approximate surface area is 1020 Å². The molecule has 0 aromatic carbocycles. The van der Waals surface area contributed by atoms with Gasteiger partial charge in [-0.2, -0.15) is 0 Å². The molecule has 28 heteroatoms. The van der Waals surface area contributed by atoms with E-state index in [0.29, 0.717) is 48.3 Å². The molecular formula is C102H196N16O2S2Y8-8. The molecule has 16 heterocycles. The molecule has 8 aliphatic heterocycles. The van der Waals surface area contributed by atoms with Crippen molar-refractivity contribution < 1.29 is 271 Å². The van der Waals surface area contributed by atoms with Crippen molar-refractivity contribution in [1.29, 1.82) is 0 Å². The van der Waals surface area contributed by atoms with Crippen LogP contribution in [0.1, 0.15) is 311 Å². The fraction of sp³-hybridized carbons (Fsp3) is 0.647. The summed E-state index contributed by atoms with van der Waals surface area (Å²) in [6, 6.07) is 14.0. The van der Waals surface area contributed by atoms with Gasteiger partial charge in [-0.25, -0.2) is 19.9 Å². The van der Waals surface area contributed by atoms with Crippen LogP contribution in [0, 0.1) is 59.4 Å². The maximum atomic E-state index is 5.36. The van der Waals surface area contributed by atoms with E-state index in [4.69, 9.17) is 8.83 Å². The van der Waals surface area contributed by atoms with Crippen molar-refractivity contribution in [3.63, 3.8) is 0 Å². The van der Waals surface area contributed by atoms with Crippen molar-refractivity contribution in [2.24, 2.45) is 14.1 Å². The Morgan fingerprint density at radius 3 is 1.19 bits per heavy atom. The first-order chi connectivity index (χ1) is 55.0. The van der Waals surface area contributed by atoms with Crippen LogP contribution in [0.5, 0.6) is 0 Å². The Bertz CT molecular complexity index is 3140. The standard InChI is InChI=1S/C11H18N2.C10H17N3.C10H16N2.C10H15NO.C10H15NS.C9H15N3.C9H14N2O.C9H14N2S.8C2H6.8CH3.8Y/c1-9(2)13-7-5-11-10(8-13)4-6-12(11)3;1-8(2)13-5-4-10-9(6-13)11-7-12(10)3;1-8(2)12-6-4-10-9(7-12)3-5-11-10;2*1-8(2)11-5-3-10-9(7-11)4-6-12-10;1-7(2)12-4-3-8-9(5-12)11-6-10-8;2*1-7(2)11-4-3-9-8(5-11)10-6-12-9;8*1-2;;;;;;;;;;;;;;;;/h4,6,9H,5,7-8H2,1-3H3;7-8H,4-6H2,1-3H3;3,5,8,11H,4,6-7H2,1-2H3;2*4,6,8H,3,5,7H2,1-2H3;6-7H,3-5H2,1-2H3,(H,10,11);2*6-7H,3-5H2,1-2H3;8*1-2H3;8*1H3;;;;;;;;/q;;;;;;;;;;;;;;;;8*-1;;;;;;;;. The third kappa shape index (κ3) is 59.7. The van der Waals surface area contributed by atoms with Crippen LogP contribution in [0.4, 0.5) is 0 Å². The van der Waals surface area contributed by atoms with Crippen LogP contribution in [0.2, 0.25) is 0 Å². The Kier molecular flexibility index (Phi) is 130. The number of furan rings is 1. The summed E-state index contributed by atoms with van der Waals surface area (Å²) in [7, 11) is 4.22. The molecule has 130 heavy (non-hydrogen) atoms. The van der Waals surface area contributed by atoms with E-state index in [1.165, 1.54) is 126 Å². The second-order valence-electron chi connectivity index (χ2n) is 30.2. The molecule has 0 aliphatic carbocycles. The Hall–Kier alpha value is 3.31. The molecular weight excluding hydrogens is 2260 g/mol. The fourth-order valence-electron chi connectivity index (χ4n) is 14.1. The van der Waals surface area contributed by atoms with E-state index in [0.717, 1.165) is 109 Å². The van der Waals surface area contributed by atoms with E-state index in [2.05, 4.69) is 245 Å². The number of thiophene rings is 1. The van der Waals surface area contributed by atoms with Gasteiger partial charge in [0.25, 0.3) is 0 Å². The number of hydrogen-bond donors (Lipinski definition) is 2. The minimum atomic E-state index is 0. The van der Waals surface area contributed by atoms with Gasteiger partial charge in [0.15, 0.2) is 6.39 Å². The van der Waals surface area contributed by atoms with Gasteiger partial charge in [-0.1, -0.05) is 111 Å². The van der Waals surface area contributed by atoms with E-state index >= 15 is 0 Å². The van der Waals surface area contributed by atoms with Crippen molar-refractivity contribution in [2.75, 3.05) is 52.4 Å². The number of imidazole rings is 2. The summed E-state index contributed by atoms with van der Waals surface area (Å²) in [5.41, 5.74) is 18.5. The van der Waals surface area contributed by atoms with Crippen LogP contribution < -0.4 is 0 Å². The predicted molar refractivity (Wildman–Crippen MR) is 546 cm³/mol.